The number of unbranched alkanes of at least 4 members (excludes halogenated alkanes) is 1. The highest BCUT2D eigenvalue weighted by Crippen LogP contribution is 1.98. The Bertz CT molecular complexity index is 153. The quantitative estimate of drug-likeness (QED) is 0.709. The number of nitrogens with one attached hydrogen (secondary N) is 1. The first kappa shape index (κ1) is 13.9. The Morgan fingerprint density at radius 3 is 2.75 bits per heavy atom. The second-order valence-corrected chi connectivity index (χ2v) is 4.73. The molecule has 0 radical (unpaired) electrons. The zero-order chi connectivity index (χ0) is 11.6. The van der Waals surface area contributed by atoms with E-state index >= 15 is 0 Å². The molecule has 1 fully saturated rings. The molecule has 16 heavy (non-hydrogen) atoms. The van der Waals surface area contributed by atoms with Gasteiger partial charge in [-0.3, -0.25) is 0 Å². The first-order valence-corrected chi connectivity index (χ1v) is 7.02. The summed E-state index contributed by atoms with van der Waals surface area (Å²) in [4.78, 5) is 5.19. The second kappa shape index (κ2) is 8.97. The van der Waals surface area contributed by atoms with E-state index in [4.69, 9.17) is 0 Å². The van der Waals surface area contributed by atoms with Gasteiger partial charge in [0.05, 0.1) is 0 Å². The van der Waals surface area contributed by atoms with E-state index in [2.05, 4.69) is 29.0 Å². The molecule has 1 heterocycles. The maximum Gasteiger partial charge on any atom is 0.0110 e. The van der Waals surface area contributed by atoms with Gasteiger partial charge in [-0.05, 0) is 39.0 Å². The lowest BCUT2D eigenvalue weighted by Crippen LogP contribution is -2.37. The van der Waals surface area contributed by atoms with Gasteiger partial charge in [0.1, 0.15) is 0 Å². The molecule has 0 atom stereocenters. The van der Waals surface area contributed by atoms with E-state index in [0.717, 1.165) is 0 Å². The Kier molecular flexibility index (Phi) is 7.81. The average molecular weight is 227 g/mol. The minimum Gasteiger partial charge on any atom is -0.315 e. The third-order valence-corrected chi connectivity index (χ3v) is 3.44. The summed E-state index contributed by atoms with van der Waals surface area (Å²) < 4.78 is 0. The first-order valence-electron chi connectivity index (χ1n) is 7.02. The lowest BCUT2D eigenvalue weighted by atomic mass is 10.3. The van der Waals surface area contributed by atoms with Crippen molar-refractivity contribution in [1.82, 2.24) is 15.1 Å². The van der Waals surface area contributed by atoms with E-state index in [-0.39, 0.29) is 0 Å². The van der Waals surface area contributed by atoms with Crippen molar-refractivity contribution in [3.05, 3.63) is 0 Å². The maximum atomic E-state index is 3.46. The topological polar surface area (TPSA) is 18.5 Å². The lowest BCUT2D eigenvalue weighted by molar-refractivity contribution is 0.214. The minimum atomic E-state index is 1.17. The minimum absolute atomic E-state index is 1.17. The fourth-order valence-corrected chi connectivity index (χ4v) is 2.22. The maximum absolute atomic E-state index is 3.46. The number of nitrogens with zero attached hydrogens (tertiary/aromatic N) is 2. The molecule has 0 unspecified atom stereocenters. The van der Waals surface area contributed by atoms with Crippen LogP contribution >= 0.6 is 0 Å². The first-order chi connectivity index (χ1) is 7.86. The van der Waals surface area contributed by atoms with E-state index in [0.29, 0.717) is 0 Å². The van der Waals surface area contributed by atoms with Gasteiger partial charge in [0.25, 0.3) is 0 Å². The SMILES string of the molecule is CCCCN(CC)CCN1CCCNCC1. The highest BCUT2D eigenvalue weighted by molar-refractivity contribution is 4.67. The molecule has 1 rings (SSSR count). The fraction of sp³-hybridized carbons (Fsp3) is 1.00. The van der Waals surface area contributed by atoms with Gasteiger partial charge in [0.15, 0.2) is 0 Å². The summed E-state index contributed by atoms with van der Waals surface area (Å²) in [5.41, 5.74) is 0. The zero-order valence-electron chi connectivity index (χ0n) is 11.2. The van der Waals surface area contributed by atoms with Crippen LogP contribution in [0.4, 0.5) is 0 Å². The molecule has 1 aliphatic heterocycles. The summed E-state index contributed by atoms with van der Waals surface area (Å²) in [6.07, 6.45) is 3.96. The summed E-state index contributed by atoms with van der Waals surface area (Å²) in [5, 5.41) is 3.46. The highest BCUT2D eigenvalue weighted by atomic mass is 15.2. The van der Waals surface area contributed by atoms with Crippen molar-refractivity contribution in [2.75, 3.05) is 52.4 Å². The molecular weight excluding hydrogens is 198 g/mol. The fourth-order valence-electron chi connectivity index (χ4n) is 2.22. The Hall–Kier alpha value is -0.120. The molecule has 0 saturated carbocycles. The molecule has 0 aromatic heterocycles. The predicted octanol–water partition coefficient (Wildman–Crippen LogP) is 1.40. The Labute approximate surface area is 101 Å². The van der Waals surface area contributed by atoms with Crippen molar-refractivity contribution in [2.45, 2.75) is 33.1 Å². The Balaban J connectivity index is 2.14. The van der Waals surface area contributed by atoms with Gasteiger partial charge >= 0.3 is 0 Å². The molecule has 3 heteroatoms. The summed E-state index contributed by atoms with van der Waals surface area (Å²) >= 11 is 0. The van der Waals surface area contributed by atoms with Crippen LogP contribution in [-0.2, 0) is 0 Å². The van der Waals surface area contributed by atoms with Gasteiger partial charge in [-0.25, -0.2) is 0 Å². The van der Waals surface area contributed by atoms with Crippen molar-refractivity contribution in [3.8, 4) is 0 Å². The molecule has 1 N–H and O–H groups in total. The van der Waals surface area contributed by atoms with Crippen LogP contribution in [-0.4, -0.2) is 62.2 Å². The standard InChI is InChI=1S/C13H29N3/c1-3-5-9-15(4-2)12-13-16-10-6-7-14-8-11-16/h14H,3-13H2,1-2H3. The van der Waals surface area contributed by atoms with E-state index < -0.39 is 0 Å². The van der Waals surface area contributed by atoms with Gasteiger partial charge in [0, 0.05) is 26.2 Å². The smallest absolute Gasteiger partial charge is 0.0110 e. The summed E-state index contributed by atoms with van der Waals surface area (Å²) in [5.74, 6) is 0. The Morgan fingerprint density at radius 2 is 2.00 bits per heavy atom. The third-order valence-electron chi connectivity index (χ3n) is 3.44. The molecule has 0 spiro atoms. The average Bonchev–Trinajstić information content (AvgIpc) is 2.58. The van der Waals surface area contributed by atoms with Gasteiger partial charge in [-0.1, -0.05) is 20.3 Å². The van der Waals surface area contributed by atoms with Crippen LogP contribution in [0.3, 0.4) is 0 Å². The number of likely N-dealkylation sites (N-methyl/N-ethyl adjacent to an activating group) is 1. The van der Waals surface area contributed by atoms with Gasteiger partial charge in [-0.2, -0.15) is 0 Å². The lowest BCUT2D eigenvalue weighted by Gasteiger charge is -2.25. The number of hydrogen-bond acceptors (Lipinski definition) is 3. The highest BCUT2D eigenvalue weighted by Gasteiger charge is 2.09. The van der Waals surface area contributed by atoms with Crippen LogP contribution < -0.4 is 5.32 Å². The van der Waals surface area contributed by atoms with Gasteiger partial charge in [-0.15, -0.1) is 0 Å². The number of rotatable bonds is 7. The normalized spacial score (nSPS) is 18.9. The van der Waals surface area contributed by atoms with Crippen LogP contribution in [0.1, 0.15) is 33.1 Å². The van der Waals surface area contributed by atoms with Crippen LogP contribution in [0.15, 0.2) is 0 Å². The van der Waals surface area contributed by atoms with Crippen molar-refractivity contribution < 1.29 is 0 Å². The molecule has 1 saturated heterocycles. The monoisotopic (exact) mass is 227 g/mol. The number of hydrogen-bond donors (Lipinski definition) is 1. The van der Waals surface area contributed by atoms with Crippen molar-refractivity contribution in [2.24, 2.45) is 0 Å². The summed E-state index contributed by atoms with van der Waals surface area (Å²) in [6.45, 7) is 14.4. The van der Waals surface area contributed by atoms with Gasteiger partial charge in [0.2, 0.25) is 0 Å². The Morgan fingerprint density at radius 1 is 1.12 bits per heavy atom. The molecule has 0 amide bonds. The molecule has 0 aromatic rings. The summed E-state index contributed by atoms with van der Waals surface area (Å²) in [7, 11) is 0. The summed E-state index contributed by atoms with van der Waals surface area (Å²) in [6, 6.07) is 0. The van der Waals surface area contributed by atoms with Crippen molar-refractivity contribution >= 4 is 0 Å². The largest absolute Gasteiger partial charge is 0.315 e. The van der Waals surface area contributed by atoms with Crippen LogP contribution in [0.2, 0.25) is 0 Å². The van der Waals surface area contributed by atoms with Crippen molar-refractivity contribution in [1.29, 1.82) is 0 Å². The van der Waals surface area contributed by atoms with Crippen LogP contribution in [0.5, 0.6) is 0 Å². The predicted molar refractivity (Wildman–Crippen MR) is 70.9 cm³/mol. The molecule has 0 aliphatic carbocycles. The molecule has 0 aromatic carbocycles. The molecule has 96 valence electrons. The molecular formula is C13H29N3. The van der Waals surface area contributed by atoms with Gasteiger partial charge < -0.3 is 15.1 Å². The molecule has 0 bridgehead atoms. The second-order valence-electron chi connectivity index (χ2n) is 4.73. The zero-order valence-corrected chi connectivity index (χ0v) is 11.2. The van der Waals surface area contributed by atoms with E-state index in [1.54, 1.807) is 0 Å². The van der Waals surface area contributed by atoms with E-state index in [1.807, 2.05) is 0 Å². The molecule has 3 nitrogen and oxygen atoms in total. The van der Waals surface area contributed by atoms with E-state index in [1.165, 1.54) is 71.6 Å². The van der Waals surface area contributed by atoms with Crippen molar-refractivity contribution in [3.63, 3.8) is 0 Å². The van der Waals surface area contributed by atoms with Crippen LogP contribution in [0, 0.1) is 0 Å². The van der Waals surface area contributed by atoms with Crippen LogP contribution in [0.25, 0.3) is 0 Å². The third kappa shape index (κ3) is 5.83. The van der Waals surface area contributed by atoms with E-state index in [9.17, 15) is 0 Å². The molecule has 1 aliphatic rings.